The fraction of sp³-hybridized carbons (Fsp3) is 0.455. The van der Waals surface area contributed by atoms with Crippen molar-refractivity contribution in [1.82, 2.24) is 4.98 Å². The smallest absolute Gasteiger partial charge is 0.305 e. The van der Waals surface area contributed by atoms with Gasteiger partial charge in [0.25, 0.3) is 0 Å². The minimum absolute atomic E-state index is 0.527. The average Bonchev–Trinajstić information content (AvgIpc) is 2.40. The number of carbonyl (C=O) groups excluding carboxylic acids is 1. The zero-order chi connectivity index (χ0) is 17.3. The van der Waals surface area contributed by atoms with Crippen molar-refractivity contribution in [3.63, 3.8) is 0 Å². The summed E-state index contributed by atoms with van der Waals surface area (Å²) in [6.45, 7) is 1.53. The lowest BCUT2D eigenvalue weighted by Gasteiger charge is -2.31. The Morgan fingerprint density at radius 1 is 1.14 bits per heavy atom. The molecule has 0 aliphatic rings. The van der Waals surface area contributed by atoms with E-state index in [1.165, 1.54) is 18.3 Å². The van der Waals surface area contributed by atoms with Gasteiger partial charge in [-0.25, -0.2) is 13.8 Å². The molecule has 1 amide bonds. The van der Waals surface area contributed by atoms with Gasteiger partial charge in [0.2, 0.25) is 0 Å². The van der Waals surface area contributed by atoms with E-state index in [1.807, 2.05) is 0 Å². The third kappa shape index (κ3) is 2.97. The maximum Gasteiger partial charge on any atom is 0.393 e. The van der Waals surface area contributed by atoms with E-state index in [9.17, 15) is 39.9 Å². The summed E-state index contributed by atoms with van der Waals surface area (Å²) in [4.78, 5) is 14.4. The van der Waals surface area contributed by atoms with E-state index < -0.39 is 35.9 Å². The topological polar surface area (TPSA) is 42.0 Å². The van der Waals surface area contributed by atoms with Crippen LogP contribution in [0, 0.1) is 6.92 Å². The molecule has 3 nitrogen and oxygen atoms in total. The Morgan fingerprint density at radius 3 is 2.09 bits per heavy atom. The molecule has 0 aliphatic heterocycles. The van der Waals surface area contributed by atoms with Crippen LogP contribution in [0.2, 0.25) is 0 Å². The number of halogens is 8. The Labute approximate surface area is 118 Å². The van der Waals surface area contributed by atoms with E-state index in [1.54, 1.807) is 0 Å². The second-order valence-electron chi connectivity index (χ2n) is 4.25. The van der Waals surface area contributed by atoms with E-state index in [2.05, 4.69) is 4.98 Å². The summed E-state index contributed by atoms with van der Waals surface area (Å²) in [5.41, 5.74) is 0.527. The third-order valence-electron chi connectivity index (χ3n) is 2.53. The molecule has 0 atom stereocenters. The number of pyridine rings is 1. The number of hydrogen-bond donors (Lipinski definition) is 1. The van der Waals surface area contributed by atoms with Crippen LogP contribution in [0.25, 0.3) is 0 Å². The summed E-state index contributed by atoms with van der Waals surface area (Å²) in [5, 5.41) is 1.17. The van der Waals surface area contributed by atoms with Crippen LogP contribution in [0.5, 0.6) is 0 Å². The summed E-state index contributed by atoms with van der Waals surface area (Å²) >= 11 is 0. The molecule has 1 rings (SSSR count). The molecule has 0 spiro atoms. The first-order valence-electron chi connectivity index (χ1n) is 5.49. The van der Waals surface area contributed by atoms with Crippen LogP contribution in [-0.4, -0.2) is 35.1 Å². The highest BCUT2D eigenvalue weighted by atomic mass is 19.4. The molecule has 1 heterocycles. The first-order valence-corrected chi connectivity index (χ1v) is 5.49. The van der Waals surface area contributed by atoms with Gasteiger partial charge >= 0.3 is 30.1 Å². The van der Waals surface area contributed by atoms with Crippen LogP contribution in [-0.2, 0) is 4.79 Å². The van der Waals surface area contributed by atoms with Gasteiger partial charge in [0.1, 0.15) is 5.82 Å². The molecule has 0 bridgehead atoms. The SMILES string of the molecule is Cc1ccc(NC(=O)C(F)(F)C(F)(F)C(F)(F)C(F)F)nc1. The van der Waals surface area contributed by atoms with Gasteiger partial charge in [-0.1, -0.05) is 6.07 Å². The lowest BCUT2D eigenvalue weighted by molar-refractivity contribution is -0.326. The third-order valence-corrected chi connectivity index (χ3v) is 2.53. The van der Waals surface area contributed by atoms with Gasteiger partial charge in [0.15, 0.2) is 0 Å². The molecule has 11 heteroatoms. The van der Waals surface area contributed by atoms with E-state index in [-0.39, 0.29) is 0 Å². The molecule has 1 aromatic heterocycles. The number of aromatic nitrogens is 1. The fourth-order valence-electron chi connectivity index (χ4n) is 1.23. The molecule has 22 heavy (non-hydrogen) atoms. The molecule has 1 aromatic rings. The van der Waals surface area contributed by atoms with Crippen LogP contribution in [0.15, 0.2) is 18.3 Å². The first kappa shape index (κ1) is 18.1. The van der Waals surface area contributed by atoms with Gasteiger partial charge < -0.3 is 5.32 Å². The molecule has 1 N–H and O–H groups in total. The van der Waals surface area contributed by atoms with Crippen LogP contribution < -0.4 is 5.32 Å². The largest absolute Gasteiger partial charge is 0.393 e. The molecule has 0 unspecified atom stereocenters. The van der Waals surface area contributed by atoms with Gasteiger partial charge in [0.05, 0.1) is 0 Å². The quantitative estimate of drug-likeness (QED) is 0.837. The maximum atomic E-state index is 13.2. The Hall–Kier alpha value is -1.94. The summed E-state index contributed by atoms with van der Waals surface area (Å²) in [6.07, 6.45) is -4.02. The highest BCUT2D eigenvalue weighted by molar-refractivity contribution is 5.96. The lowest BCUT2D eigenvalue weighted by atomic mass is 10.0. The number of nitrogens with one attached hydrogen (secondary N) is 1. The minimum Gasteiger partial charge on any atom is -0.305 e. The Morgan fingerprint density at radius 2 is 1.68 bits per heavy atom. The van der Waals surface area contributed by atoms with E-state index >= 15 is 0 Å². The molecule has 0 saturated heterocycles. The monoisotopic (exact) mass is 336 g/mol. The van der Waals surface area contributed by atoms with Crippen LogP contribution in [0.4, 0.5) is 40.9 Å². The first-order chi connectivity index (χ1) is 9.84. The van der Waals surface area contributed by atoms with Gasteiger partial charge in [0, 0.05) is 6.20 Å². The van der Waals surface area contributed by atoms with Gasteiger partial charge in [-0.2, -0.15) is 26.3 Å². The van der Waals surface area contributed by atoms with Crippen molar-refractivity contribution in [2.24, 2.45) is 0 Å². The summed E-state index contributed by atoms with van der Waals surface area (Å²) in [6, 6.07) is 2.19. The number of rotatable bonds is 5. The Balaban J connectivity index is 3.06. The molecule has 0 aromatic carbocycles. The van der Waals surface area contributed by atoms with E-state index in [0.717, 1.165) is 12.3 Å². The number of hydrogen-bond acceptors (Lipinski definition) is 2. The summed E-state index contributed by atoms with van der Waals surface area (Å²) in [7, 11) is 0. The molecular weight excluding hydrogens is 328 g/mol. The van der Waals surface area contributed by atoms with Crippen LogP contribution >= 0.6 is 0 Å². The number of alkyl halides is 8. The van der Waals surface area contributed by atoms with Crippen molar-refractivity contribution >= 4 is 11.7 Å². The number of amides is 1. The Bertz CT molecular complexity index is 544. The zero-order valence-electron chi connectivity index (χ0n) is 10.7. The minimum atomic E-state index is -6.59. The number of aryl methyl sites for hydroxylation is 1. The number of carbonyl (C=O) groups is 1. The normalized spacial score (nSPS) is 13.4. The maximum absolute atomic E-state index is 13.2. The van der Waals surface area contributed by atoms with Gasteiger partial charge in [-0.15, -0.1) is 0 Å². The van der Waals surface area contributed by atoms with Crippen LogP contribution in [0.1, 0.15) is 5.56 Å². The van der Waals surface area contributed by atoms with Crippen molar-refractivity contribution in [3.8, 4) is 0 Å². The molecule has 124 valence electrons. The summed E-state index contributed by atoms with van der Waals surface area (Å²) < 4.78 is 101. The number of anilines is 1. The second kappa shape index (κ2) is 5.69. The van der Waals surface area contributed by atoms with Gasteiger partial charge in [-0.3, -0.25) is 4.79 Å². The molecule has 0 radical (unpaired) electrons. The summed E-state index contributed by atoms with van der Waals surface area (Å²) in [5.74, 6) is -22.6. The van der Waals surface area contributed by atoms with Crippen molar-refractivity contribution in [1.29, 1.82) is 0 Å². The van der Waals surface area contributed by atoms with E-state index in [0.29, 0.717) is 5.56 Å². The molecular formula is C11H8F8N2O. The highest BCUT2D eigenvalue weighted by Gasteiger charge is 2.78. The lowest BCUT2D eigenvalue weighted by Crippen LogP contribution is -2.61. The predicted octanol–water partition coefficient (Wildman–Crippen LogP) is 3.50. The predicted molar refractivity (Wildman–Crippen MR) is 58.4 cm³/mol. The average molecular weight is 336 g/mol. The van der Waals surface area contributed by atoms with Crippen molar-refractivity contribution in [3.05, 3.63) is 23.9 Å². The second-order valence-corrected chi connectivity index (χ2v) is 4.25. The highest BCUT2D eigenvalue weighted by Crippen LogP contribution is 2.48. The standard InChI is InChI=1S/C11H8F8N2O/c1-5-2-3-6(20-4-5)21-8(22)10(16,17)11(18,19)9(14,15)7(12)13/h2-4,7H,1H3,(H,20,21,22). The molecule has 0 saturated carbocycles. The molecule has 0 aliphatic carbocycles. The number of nitrogens with zero attached hydrogens (tertiary/aromatic N) is 1. The van der Waals surface area contributed by atoms with Gasteiger partial charge in [-0.05, 0) is 18.6 Å². The van der Waals surface area contributed by atoms with Crippen molar-refractivity contribution in [2.45, 2.75) is 31.1 Å². The van der Waals surface area contributed by atoms with Crippen molar-refractivity contribution < 1.29 is 39.9 Å². The molecule has 0 fully saturated rings. The van der Waals surface area contributed by atoms with E-state index in [4.69, 9.17) is 0 Å². The van der Waals surface area contributed by atoms with Crippen LogP contribution in [0.3, 0.4) is 0 Å². The zero-order valence-corrected chi connectivity index (χ0v) is 10.7. The Kier molecular flexibility index (Phi) is 4.68. The fourth-order valence-corrected chi connectivity index (χ4v) is 1.23. The van der Waals surface area contributed by atoms with Crippen molar-refractivity contribution in [2.75, 3.05) is 5.32 Å².